The smallest absolute Gasteiger partial charge is 0.0526 e. The van der Waals surface area contributed by atoms with Gasteiger partial charge in [-0.3, -0.25) is 0 Å². The fourth-order valence-electron chi connectivity index (χ4n) is 1.26. The van der Waals surface area contributed by atoms with E-state index in [4.69, 9.17) is 5.53 Å². The number of hydrogen-bond donors (Lipinski definition) is 1. The normalized spacial score (nSPS) is 14.1. The Labute approximate surface area is 82.8 Å². The molecule has 0 aliphatic rings. The first kappa shape index (κ1) is 10.6. The quantitative estimate of drug-likeness (QED) is 0.442. The third kappa shape index (κ3) is 2.25. The molecular weight excluding hydrogens is 178 g/mol. The van der Waals surface area contributed by atoms with Gasteiger partial charge in [-0.2, -0.15) is 0 Å². The van der Waals surface area contributed by atoms with Gasteiger partial charge in [-0.15, -0.1) is 0 Å². The van der Waals surface area contributed by atoms with E-state index in [1.54, 1.807) is 0 Å². The van der Waals surface area contributed by atoms with Gasteiger partial charge in [0.25, 0.3) is 0 Å². The van der Waals surface area contributed by atoms with Crippen LogP contribution in [0.5, 0.6) is 0 Å². The first-order valence-electron chi connectivity index (χ1n) is 4.40. The minimum absolute atomic E-state index is 0.0317. The van der Waals surface area contributed by atoms with Crippen molar-refractivity contribution in [3.8, 4) is 0 Å². The van der Waals surface area contributed by atoms with Gasteiger partial charge in [0.05, 0.1) is 6.61 Å². The Morgan fingerprint density at radius 3 is 2.57 bits per heavy atom. The summed E-state index contributed by atoms with van der Waals surface area (Å²) in [5.74, 6) is 0. The minimum atomic E-state index is -0.479. The Kier molecular flexibility index (Phi) is 3.51. The van der Waals surface area contributed by atoms with E-state index < -0.39 is 5.41 Å². The van der Waals surface area contributed by atoms with Crippen molar-refractivity contribution in [1.29, 1.82) is 0 Å². The predicted octanol–water partition coefficient (Wildman–Crippen LogP) is 2.25. The molecule has 0 saturated carbocycles. The second-order valence-corrected chi connectivity index (χ2v) is 3.47. The van der Waals surface area contributed by atoms with E-state index in [1.807, 2.05) is 37.3 Å². The lowest BCUT2D eigenvalue weighted by Crippen LogP contribution is -2.29. The maximum atomic E-state index is 9.28. The largest absolute Gasteiger partial charge is 0.395 e. The zero-order chi connectivity index (χ0) is 10.4. The fraction of sp³-hybridized carbons (Fsp3) is 0.400. The molecule has 0 aliphatic carbocycles. The van der Waals surface area contributed by atoms with Crippen LogP contribution in [0.25, 0.3) is 10.4 Å². The van der Waals surface area contributed by atoms with Gasteiger partial charge in [0.1, 0.15) is 0 Å². The average molecular weight is 191 g/mol. The third-order valence-electron chi connectivity index (χ3n) is 2.30. The highest BCUT2D eigenvalue weighted by molar-refractivity contribution is 5.25. The van der Waals surface area contributed by atoms with Crippen molar-refractivity contribution in [2.45, 2.75) is 12.3 Å². The number of hydrogen-bond acceptors (Lipinski definition) is 2. The topological polar surface area (TPSA) is 69.0 Å². The third-order valence-corrected chi connectivity index (χ3v) is 2.30. The van der Waals surface area contributed by atoms with E-state index in [2.05, 4.69) is 10.0 Å². The molecule has 0 bridgehead atoms. The molecule has 1 aromatic carbocycles. The summed E-state index contributed by atoms with van der Waals surface area (Å²) in [7, 11) is 0. The Hall–Kier alpha value is -1.51. The molecule has 4 heteroatoms. The Morgan fingerprint density at radius 2 is 2.07 bits per heavy atom. The highest BCUT2D eigenvalue weighted by atomic mass is 16.3. The summed E-state index contributed by atoms with van der Waals surface area (Å²) in [5.41, 5.74) is 8.75. The number of azide groups is 1. The summed E-state index contributed by atoms with van der Waals surface area (Å²) in [5, 5.41) is 12.8. The SMILES string of the molecule is C[C@](CO)(CN=[N+]=[N-])c1ccccc1. The van der Waals surface area contributed by atoms with Crippen molar-refractivity contribution < 1.29 is 5.11 Å². The lowest BCUT2D eigenvalue weighted by atomic mass is 9.83. The molecule has 74 valence electrons. The molecule has 0 aliphatic heterocycles. The van der Waals surface area contributed by atoms with Gasteiger partial charge in [0.2, 0.25) is 0 Å². The molecule has 0 saturated heterocycles. The molecule has 14 heavy (non-hydrogen) atoms. The van der Waals surface area contributed by atoms with Crippen molar-refractivity contribution in [2.75, 3.05) is 13.2 Å². The van der Waals surface area contributed by atoms with Crippen LogP contribution in [0.15, 0.2) is 35.4 Å². The van der Waals surface area contributed by atoms with Crippen LogP contribution >= 0.6 is 0 Å². The molecule has 0 unspecified atom stereocenters. The molecule has 0 spiro atoms. The van der Waals surface area contributed by atoms with Gasteiger partial charge >= 0.3 is 0 Å². The van der Waals surface area contributed by atoms with Crippen LogP contribution in [0.1, 0.15) is 12.5 Å². The van der Waals surface area contributed by atoms with E-state index in [0.717, 1.165) is 5.56 Å². The monoisotopic (exact) mass is 191 g/mol. The summed E-state index contributed by atoms with van der Waals surface area (Å²) >= 11 is 0. The van der Waals surface area contributed by atoms with Crippen LogP contribution in [0.3, 0.4) is 0 Å². The fourth-order valence-corrected chi connectivity index (χ4v) is 1.26. The van der Waals surface area contributed by atoms with Crippen molar-refractivity contribution in [3.05, 3.63) is 46.3 Å². The van der Waals surface area contributed by atoms with Gasteiger partial charge < -0.3 is 5.11 Å². The molecule has 0 amide bonds. The standard InChI is InChI=1S/C10H13N3O/c1-10(8-14,7-12-13-11)9-5-3-2-4-6-9/h2-6,14H,7-8H2,1H3/t10-/m1/s1. The average Bonchev–Trinajstić information content (AvgIpc) is 2.27. The van der Waals surface area contributed by atoms with E-state index in [-0.39, 0.29) is 13.2 Å². The van der Waals surface area contributed by atoms with E-state index in [9.17, 15) is 5.11 Å². The molecular formula is C10H13N3O. The van der Waals surface area contributed by atoms with Crippen LogP contribution in [-0.4, -0.2) is 18.3 Å². The number of aliphatic hydroxyl groups is 1. The predicted molar refractivity (Wildman–Crippen MR) is 54.9 cm³/mol. The Balaban J connectivity index is 2.95. The second kappa shape index (κ2) is 4.65. The summed E-state index contributed by atoms with van der Waals surface area (Å²) in [6, 6.07) is 9.56. The molecule has 1 aromatic rings. The number of rotatable bonds is 4. The highest BCUT2D eigenvalue weighted by Crippen LogP contribution is 2.23. The first-order chi connectivity index (χ1) is 6.73. The highest BCUT2D eigenvalue weighted by Gasteiger charge is 2.24. The van der Waals surface area contributed by atoms with Gasteiger partial charge in [0, 0.05) is 16.9 Å². The van der Waals surface area contributed by atoms with Crippen LogP contribution in [0, 0.1) is 0 Å². The van der Waals surface area contributed by atoms with Gasteiger partial charge in [-0.1, -0.05) is 42.4 Å². The van der Waals surface area contributed by atoms with Crippen molar-refractivity contribution in [2.24, 2.45) is 5.11 Å². The minimum Gasteiger partial charge on any atom is -0.395 e. The Morgan fingerprint density at radius 1 is 1.43 bits per heavy atom. The molecule has 1 N–H and O–H groups in total. The van der Waals surface area contributed by atoms with Crippen LogP contribution < -0.4 is 0 Å². The Bertz CT molecular complexity index is 332. The first-order valence-corrected chi connectivity index (χ1v) is 4.40. The van der Waals surface area contributed by atoms with E-state index in [1.165, 1.54) is 0 Å². The lowest BCUT2D eigenvalue weighted by Gasteiger charge is -2.25. The van der Waals surface area contributed by atoms with Crippen LogP contribution in [0.4, 0.5) is 0 Å². The van der Waals surface area contributed by atoms with Crippen molar-refractivity contribution in [3.63, 3.8) is 0 Å². The zero-order valence-corrected chi connectivity index (χ0v) is 8.09. The van der Waals surface area contributed by atoms with E-state index >= 15 is 0 Å². The van der Waals surface area contributed by atoms with Crippen LogP contribution in [0.2, 0.25) is 0 Å². The van der Waals surface area contributed by atoms with Crippen LogP contribution in [-0.2, 0) is 5.41 Å². The van der Waals surface area contributed by atoms with Gasteiger partial charge in [-0.05, 0) is 11.1 Å². The van der Waals surface area contributed by atoms with Gasteiger partial charge in [0.15, 0.2) is 0 Å². The molecule has 0 fully saturated rings. The summed E-state index contributed by atoms with van der Waals surface area (Å²) < 4.78 is 0. The summed E-state index contributed by atoms with van der Waals surface area (Å²) in [4.78, 5) is 2.71. The molecule has 4 nitrogen and oxygen atoms in total. The number of nitrogens with zero attached hydrogens (tertiary/aromatic N) is 3. The molecule has 0 aromatic heterocycles. The van der Waals surface area contributed by atoms with Crippen molar-refractivity contribution >= 4 is 0 Å². The lowest BCUT2D eigenvalue weighted by molar-refractivity contribution is 0.210. The maximum Gasteiger partial charge on any atom is 0.0526 e. The zero-order valence-electron chi connectivity index (χ0n) is 8.09. The second-order valence-electron chi connectivity index (χ2n) is 3.47. The maximum absolute atomic E-state index is 9.28. The molecule has 1 rings (SSSR count). The molecule has 1 atom stereocenters. The van der Waals surface area contributed by atoms with E-state index in [0.29, 0.717) is 0 Å². The van der Waals surface area contributed by atoms with Crippen molar-refractivity contribution in [1.82, 2.24) is 0 Å². The number of benzene rings is 1. The number of aliphatic hydroxyl groups excluding tert-OH is 1. The molecule has 0 radical (unpaired) electrons. The van der Waals surface area contributed by atoms with Gasteiger partial charge in [-0.25, -0.2) is 0 Å². The molecule has 0 heterocycles. The summed E-state index contributed by atoms with van der Waals surface area (Å²) in [6.07, 6.45) is 0. The summed E-state index contributed by atoms with van der Waals surface area (Å²) in [6.45, 7) is 2.11.